The Balaban J connectivity index is 1.76. The van der Waals surface area contributed by atoms with E-state index in [1.807, 2.05) is 36.4 Å². The lowest BCUT2D eigenvalue weighted by atomic mass is 9.93. The Hall–Kier alpha value is -3.15. The maximum atomic E-state index is 11.2. The Labute approximate surface area is 196 Å². The molecule has 0 aromatic heterocycles. The Morgan fingerprint density at radius 2 is 1.73 bits per heavy atom. The number of fused-ring (bicyclic) bond motifs is 1. The van der Waals surface area contributed by atoms with Crippen molar-refractivity contribution < 1.29 is 14.6 Å². The van der Waals surface area contributed by atoms with Crippen molar-refractivity contribution in [3.8, 4) is 5.75 Å². The molecule has 0 radical (unpaired) electrons. The van der Waals surface area contributed by atoms with E-state index in [0.717, 1.165) is 40.7 Å². The quantitative estimate of drug-likeness (QED) is 0.425. The number of nitrogens with zero attached hydrogens (tertiary/aromatic N) is 1. The molecule has 0 unspecified atom stereocenters. The van der Waals surface area contributed by atoms with Gasteiger partial charge in [-0.1, -0.05) is 68.5 Å². The van der Waals surface area contributed by atoms with Crippen molar-refractivity contribution >= 4 is 22.8 Å². The van der Waals surface area contributed by atoms with Gasteiger partial charge in [-0.3, -0.25) is 0 Å². The minimum Gasteiger partial charge on any atom is -0.489 e. The van der Waals surface area contributed by atoms with E-state index < -0.39 is 5.97 Å². The first-order chi connectivity index (χ1) is 15.7. The number of carboxylic acid groups (broad SMARTS) is 1. The number of rotatable bonds is 11. The number of carbonyl (C=O) groups is 1. The lowest BCUT2D eigenvalue weighted by Crippen LogP contribution is -2.38. The summed E-state index contributed by atoms with van der Waals surface area (Å²) in [6.45, 7) is 7.48. The molecule has 0 saturated carbocycles. The normalized spacial score (nSPS) is 12.3. The second-order valence-electron chi connectivity index (χ2n) is 9.50. The third-order valence-electron chi connectivity index (χ3n) is 5.39. The van der Waals surface area contributed by atoms with E-state index in [2.05, 4.69) is 62.4 Å². The Morgan fingerprint density at radius 3 is 2.42 bits per heavy atom. The molecule has 5 nitrogen and oxygen atoms in total. The van der Waals surface area contributed by atoms with Crippen molar-refractivity contribution in [3.05, 3.63) is 83.4 Å². The van der Waals surface area contributed by atoms with E-state index in [1.54, 1.807) is 12.1 Å². The number of hydrogen-bond donors (Lipinski definition) is 2. The Bertz CT molecular complexity index is 1100. The standard InChI is InChI=1S/C28H34N2O3/c1-28(2,20-30(3)4)19-29-17-22(16-21-12-14-24(15-13-21)27(31)32)18-33-26-11-7-9-23-8-5-6-10-25(23)26/h5-16,29H,17-20H2,1-4H3,(H,31,32). The summed E-state index contributed by atoms with van der Waals surface area (Å²) in [4.78, 5) is 13.4. The molecule has 0 atom stereocenters. The number of aromatic carboxylic acids is 1. The third kappa shape index (κ3) is 7.45. The van der Waals surface area contributed by atoms with Crippen LogP contribution in [-0.2, 0) is 0 Å². The van der Waals surface area contributed by atoms with Gasteiger partial charge in [-0.25, -0.2) is 4.79 Å². The maximum Gasteiger partial charge on any atom is 0.335 e. The minimum atomic E-state index is -0.921. The molecule has 5 heteroatoms. The molecular formula is C28H34N2O3. The van der Waals surface area contributed by atoms with Gasteiger partial charge in [-0.2, -0.15) is 0 Å². The smallest absolute Gasteiger partial charge is 0.335 e. The van der Waals surface area contributed by atoms with Crippen molar-refractivity contribution in [1.82, 2.24) is 10.2 Å². The van der Waals surface area contributed by atoms with Crippen LogP contribution in [0.3, 0.4) is 0 Å². The maximum absolute atomic E-state index is 11.2. The zero-order chi connectivity index (χ0) is 23.8. The number of benzene rings is 3. The van der Waals surface area contributed by atoms with Gasteiger partial charge in [0, 0.05) is 25.0 Å². The van der Waals surface area contributed by atoms with Crippen LogP contribution in [0.1, 0.15) is 29.8 Å². The second kappa shape index (κ2) is 11.1. The van der Waals surface area contributed by atoms with Crippen LogP contribution < -0.4 is 10.1 Å². The van der Waals surface area contributed by atoms with E-state index in [0.29, 0.717) is 13.2 Å². The van der Waals surface area contributed by atoms with Gasteiger partial charge in [0.1, 0.15) is 12.4 Å². The average molecular weight is 447 g/mol. The van der Waals surface area contributed by atoms with E-state index in [9.17, 15) is 4.79 Å². The van der Waals surface area contributed by atoms with Gasteiger partial charge in [0.25, 0.3) is 0 Å². The Morgan fingerprint density at radius 1 is 1.03 bits per heavy atom. The molecule has 3 aromatic rings. The topological polar surface area (TPSA) is 61.8 Å². The Kier molecular flexibility index (Phi) is 8.26. The van der Waals surface area contributed by atoms with E-state index in [-0.39, 0.29) is 11.0 Å². The highest BCUT2D eigenvalue weighted by Crippen LogP contribution is 2.25. The minimum absolute atomic E-state index is 0.133. The van der Waals surface area contributed by atoms with Crippen LogP contribution in [0.2, 0.25) is 0 Å². The zero-order valence-electron chi connectivity index (χ0n) is 20.0. The molecular weight excluding hydrogens is 412 g/mol. The fourth-order valence-corrected chi connectivity index (χ4v) is 4.07. The summed E-state index contributed by atoms with van der Waals surface area (Å²) in [5.41, 5.74) is 2.45. The molecule has 0 heterocycles. The van der Waals surface area contributed by atoms with Crippen molar-refractivity contribution in [2.24, 2.45) is 5.41 Å². The number of nitrogens with one attached hydrogen (secondary N) is 1. The van der Waals surface area contributed by atoms with Gasteiger partial charge < -0.3 is 20.1 Å². The molecule has 0 saturated heterocycles. The number of carboxylic acids is 1. The molecule has 0 aliphatic carbocycles. The highest BCUT2D eigenvalue weighted by Gasteiger charge is 2.18. The van der Waals surface area contributed by atoms with Gasteiger partial charge in [0.2, 0.25) is 0 Å². The highest BCUT2D eigenvalue weighted by atomic mass is 16.5. The first-order valence-corrected chi connectivity index (χ1v) is 11.2. The molecule has 0 bridgehead atoms. The molecule has 0 fully saturated rings. The van der Waals surface area contributed by atoms with Crippen LogP contribution in [-0.4, -0.2) is 56.3 Å². The zero-order valence-corrected chi connectivity index (χ0v) is 20.0. The van der Waals surface area contributed by atoms with Gasteiger partial charge in [-0.05, 0) is 54.2 Å². The molecule has 0 aliphatic heterocycles. The van der Waals surface area contributed by atoms with Crippen LogP contribution in [0.5, 0.6) is 5.75 Å². The molecule has 0 aliphatic rings. The fourth-order valence-electron chi connectivity index (χ4n) is 4.07. The highest BCUT2D eigenvalue weighted by molar-refractivity contribution is 5.88. The molecule has 3 aromatic carbocycles. The van der Waals surface area contributed by atoms with Gasteiger partial charge in [0.05, 0.1) is 5.56 Å². The predicted molar refractivity (Wildman–Crippen MR) is 136 cm³/mol. The fraction of sp³-hybridized carbons (Fsp3) is 0.321. The predicted octanol–water partition coefficient (Wildman–Crippen LogP) is 5.18. The van der Waals surface area contributed by atoms with Gasteiger partial charge >= 0.3 is 5.97 Å². The summed E-state index contributed by atoms with van der Waals surface area (Å²) < 4.78 is 6.25. The first kappa shape index (κ1) is 24.5. The lowest BCUT2D eigenvalue weighted by Gasteiger charge is -2.28. The summed E-state index contributed by atoms with van der Waals surface area (Å²) in [5.74, 6) is -0.0667. The number of hydrogen-bond acceptors (Lipinski definition) is 4. The van der Waals surface area contributed by atoms with Crippen molar-refractivity contribution in [2.45, 2.75) is 13.8 Å². The van der Waals surface area contributed by atoms with Gasteiger partial charge in [-0.15, -0.1) is 0 Å². The molecule has 33 heavy (non-hydrogen) atoms. The van der Waals surface area contributed by atoms with Crippen molar-refractivity contribution in [1.29, 1.82) is 0 Å². The summed E-state index contributed by atoms with van der Waals surface area (Å²) >= 11 is 0. The average Bonchev–Trinajstić information content (AvgIpc) is 2.76. The molecule has 3 rings (SSSR count). The molecule has 0 amide bonds. The van der Waals surface area contributed by atoms with E-state index in [4.69, 9.17) is 9.84 Å². The summed E-state index contributed by atoms with van der Waals surface area (Å²) in [6, 6.07) is 21.2. The third-order valence-corrected chi connectivity index (χ3v) is 5.39. The molecule has 0 spiro atoms. The van der Waals surface area contributed by atoms with Gasteiger partial charge in [0.15, 0.2) is 0 Å². The van der Waals surface area contributed by atoms with E-state index in [1.165, 1.54) is 0 Å². The van der Waals surface area contributed by atoms with E-state index >= 15 is 0 Å². The van der Waals surface area contributed by atoms with Crippen LogP contribution in [0.25, 0.3) is 16.8 Å². The SMILES string of the molecule is CN(C)CC(C)(C)CNCC(=Cc1ccc(C(=O)O)cc1)COc1cccc2ccccc12. The van der Waals surface area contributed by atoms with Crippen LogP contribution in [0.4, 0.5) is 0 Å². The lowest BCUT2D eigenvalue weighted by molar-refractivity contribution is 0.0697. The molecule has 2 N–H and O–H groups in total. The largest absolute Gasteiger partial charge is 0.489 e. The summed E-state index contributed by atoms with van der Waals surface area (Å²) in [7, 11) is 4.18. The molecule has 174 valence electrons. The van der Waals surface area contributed by atoms with Crippen LogP contribution >= 0.6 is 0 Å². The van der Waals surface area contributed by atoms with Crippen molar-refractivity contribution in [2.75, 3.05) is 40.3 Å². The summed E-state index contributed by atoms with van der Waals surface area (Å²) in [5, 5.41) is 15.0. The monoisotopic (exact) mass is 446 g/mol. The first-order valence-electron chi connectivity index (χ1n) is 11.2. The van der Waals surface area contributed by atoms with Crippen LogP contribution in [0, 0.1) is 5.41 Å². The van der Waals surface area contributed by atoms with Crippen molar-refractivity contribution in [3.63, 3.8) is 0 Å². The number of ether oxygens (including phenoxy) is 1. The summed E-state index contributed by atoms with van der Waals surface area (Å²) in [6.07, 6.45) is 2.07. The second-order valence-corrected chi connectivity index (χ2v) is 9.50. The van der Waals surface area contributed by atoms with Crippen LogP contribution in [0.15, 0.2) is 72.3 Å².